The number of benzene rings is 1. The summed E-state index contributed by atoms with van der Waals surface area (Å²) in [6.07, 6.45) is -0.439. The van der Waals surface area contributed by atoms with E-state index in [1.54, 1.807) is 6.07 Å². The van der Waals surface area contributed by atoms with Crippen LogP contribution in [0.5, 0.6) is 0 Å². The lowest BCUT2D eigenvalue weighted by Gasteiger charge is -2.28. The van der Waals surface area contributed by atoms with Crippen LogP contribution in [-0.4, -0.2) is 42.2 Å². The van der Waals surface area contributed by atoms with Gasteiger partial charge in [-0.1, -0.05) is 12.1 Å². The molecule has 7 nitrogen and oxygen atoms in total. The lowest BCUT2D eigenvalue weighted by Crippen LogP contribution is -2.36. The predicted octanol–water partition coefficient (Wildman–Crippen LogP) is 3.63. The zero-order valence-electron chi connectivity index (χ0n) is 18.3. The summed E-state index contributed by atoms with van der Waals surface area (Å²) in [5, 5.41) is 2.90. The molecule has 10 heteroatoms. The molecule has 0 aliphatic carbocycles. The number of nitrogens with zero attached hydrogens (tertiary/aromatic N) is 3. The number of halogens is 3. The number of anilines is 2. The summed E-state index contributed by atoms with van der Waals surface area (Å²) in [6, 6.07) is 10.7. The van der Waals surface area contributed by atoms with E-state index in [2.05, 4.69) is 20.2 Å². The number of alkyl halides is 3. The van der Waals surface area contributed by atoms with Crippen molar-refractivity contribution in [1.82, 2.24) is 9.97 Å². The van der Waals surface area contributed by atoms with E-state index in [0.717, 1.165) is 42.8 Å². The minimum absolute atomic E-state index is 0.0394. The van der Waals surface area contributed by atoms with Crippen molar-refractivity contribution in [2.75, 3.05) is 36.5 Å². The first-order chi connectivity index (χ1) is 16.3. The molecular formula is C24H24F3N5O2. The monoisotopic (exact) mass is 471 g/mol. The van der Waals surface area contributed by atoms with Gasteiger partial charge in [0, 0.05) is 61.6 Å². The lowest BCUT2D eigenvalue weighted by atomic mass is 10.1. The minimum Gasteiger partial charge on any atom is -0.380 e. The fourth-order valence-electron chi connectivity index (χ4n) is 3.83. The second-order valence-electron chi connectivity index (χ2n) is 7.91. The summed E-state index contributed by atoms with van der Waals surface area (Å²) in [5.74, 6) is -0.723. The molecule has 2 aromatic heterocycles. The topological polar surface area (TPSA) is 93.4 Å². The fraction of sp³-hybridized carbons (Fsp3) is 0.292. The molecule has 0 unspecified atom stereocenters. The number of carbonyl (C=O) groups is 1. The molecule has 3 N–H and O–H groups in total. The molecule has 3 heterocycles. The Kier molecular flexibility index (Phi) is 6.97. The van der Waals surface area contributed by atoms with Crippen molar-refractivity contribution in [3.63, 3.8) is 0 Å². The van der Waals surface area contributed by atoms with Gasteiger partial charge < -0.3 is 20.7 Å². The van der Waals surface area contributed by atoms with E-state index < -0.39 is 17.6 Å². The molecule has 34 heavy (non-hydrogen) atoms. The quantitative estimate of drug-likeness (QED) is 0.547. The highest BCUT2D eigenvalue weighted by atomic mass is 19.4. The Balaban J connectivity index is 1.51. The van der Waals surface area contributed by atoms with Crippen LogP contribution in [0.15, 0.2) is 55.0 Å². The number of amides is 1. The molecule has 1 amide bonds. The first-order valence-corrected chi connectivity index (χ1v) is 10.8. The first-order valence-electron chi connectivity index (χ1n) is 10.8. The fourth-order valence-corrected chi connectivity index (χ4v) is 3.83. The van der Waals surface area contributed by atoms with Crippen LogP contribution in [0.2, 0.25) is 0 Å². The number of hydrogen-bond donors (Lipinski definition) is 2. The third-order valence-corrected chi connectivity index (χ3v) is 5.60. The zero-order chi connectivity index (χ0) is 24.1. The predicted molar refractivity (Wildman–Crippen MR) is 122 cm³/mol. The number of nitrogens with one attached hydrogen (secondary N) is 1. The summed E-state index contributed by atoms with van der Waals surface area (Å²) >= 11 is 0. The lowest BCUT2D eigenvalue weighted by molar-refractivity contribution is -0.138. The molecule has 1 aliphatic rings. The van der Waals surface area contributed by atoms with E-state index in [1.807, 2.05) is 24.3 Å². The highest BCUT2D eigenvalue weighted by molar-refractivity contribution is 5.98. The minimum atomic E-state index is -4.51. The van der Waals surface area contributed by atoms with Gasteiger partial charge in [-0.3, -0.25) is 14.8 Å². The number of rotatable bonds is 7. The third-order valence-electron chi connectivity index (χ3n) is 5.60. The maximum absolute atomic E-state index is 13.3. The number of pyridine rings is 2. The van der Waals surface area contributed by atoms with E-state index in [9.17, 15) is 18.0 Å². The number of nitrogens with two attached hydrogens (primary N) is 1. The Hall–Kier alpha value is -3.66. The summed E-state index contributed by atoms with van der Waals surface area (Å²) in [5.41, 5.74) is 7.81. The number of primary amides is 1. The molecule has 0 bridgehead atoms. The van der Waals surface area contributed by atoms with Crippen molar-refractivity contribution in [1.29, 1.82) is 0 Å². The molecule has 0 spiro atoms. The first kappa shape index (κ1) is 23.5. The highest BCUT2D eigenvalue weighted by Crippen LogP contribution is 2.32. The van der Waals surface area contributed by atoms with Gasteiger partial charge in [0.25, 0.3) is 5.91 Å². The van der Waals surface area contributed by atoms with Crippen LogP contribution in [0.4, 0.5) is 24.5 Å². The van der Waals surface area contributed by atoms with Crippen molar-refractivity contribution < 1.29 is 22.7 Å². The maximum atomic E-state index is 13.3. The third kappa shape index (κ3) is 5.63. The molecule has 0 atom stereocenters. The number of carbonyl (C=O) groups excluding carboxylic acids is 1. The van der Waals surface area contributed by atoms with Crippen molar-refractivity contribution in [2.24, 2.45) is 5.73 Å². The Morgan fingerprint density at radius 3 is 2.53 bits per heavy atom. The van der Waals surface area contributed by atoms with Crippen LogP contribution in [-0.2, 0) is 23.9 Å². The summed E-state index contributed by atoms with van der Waals surface area (Å²) in [6.45, 7) is 2.92. The molecule has 1 saturated heterocycles. The molecule has 178 valence electrons. The smallest absolute Gasteiger partial charge is 0.380 e. The molecule has 0 radical (unpaired) electrons. The van der Waals surface area contributed by atoms with Crippen LogP contribution in [0.3, 0.4) is 0 Å². The Morgan fingerprint density at radius 2 is 1.85 bits per heavy atom. The zero-order valence-corrected chi connectivity index (χ0v) is 18.3. The van der Waals surface area contributed by atoms with Crippen LogP contribution >= 0.6 is 0 Å². The number of morpholine rings is 1. The summed E-state index contributed by atoms with van der Waals surface area (Å²) < 4.78 is 45.2. The van der Waals surface area contributed by atoms with Crippen LogP contribution < -0.4 is 16.0 Å². The van der Waals surface area contributed by atoms with Gasteiger partial charge in [-0.25, -0.2) is 0 Å². The number of aromatic nitrogens is 2. The molecular weight excluding hydrogens is 447 g/mol. The average molecular weight is 471 g/mol. The largest absolute Gasteiger partial charge is 0.416 e. The summed E-state index contributed by atoms with van der Waals surface area (Å²) in [4.78, 5) is 22.2. The van der Waals surface area contributed by atoms with Crippen molar-refractivity contribution in [3.05, 3.63) is 82.9 Å². The molecule has 0 saturated carbocycles. The van der Waals surface area contributed by atoms with Gasteiger partial charge in [0.2, 0.25) is 0 Å². The SMILES string of the molecule is NC(=O)c1cnc(Cc2ccc(N3CCOCC3)cc2)cc1NCc1cnccc1C(F)(F)F. The molecule has 3 aromatic rings. The van der Waals surface area contributed by atoms with Gasteiger partial charge >= 0.3 is 6.18 Å². The number of ether oxygens (including phenoxy) is 1. The van der Waals surface area contributed by atoms with E-state index >= 15 is 0 Å². The average Bonchev–Trinajstić information content (AvgIpc) is 2.83. The van der Waals surface area contributed by atoms with Crippen molar-refractivity contribution in [3.8, 4) is 0 Å². The molecule has 1 aliphatic heterocycles. The van der Waals surface area contributed by atoms with Crippen LogP contribution in [0.25, 0.3) is 0 Å². The molecule has 1 aromatic carbocycles. The van der Waals surface area contributed by atoms with Gasteiger partial charge in [0.1, 0.15) is 0 Å². The van der Waals surface area contributed by atoms with Gasteiger partial charge in [0.05, 0.1) is 30.0 Å². The molecule has 1 fully saturated rings. The second kappa shape index (κ2) is 10.1. The Labute approximate surface area is 194 Å². The van der Waals surface area contributed by atoms with E-state index in [0.29, 0.717) is 31.0 Å². The van der Waals surface area contributed by atoms with Crippen LogP contribution in [0.1, 0.15) is 32.7 Å². The van der Waals surface area contributed by atoms with E-state index in [-0.39, 0.29) is 17.7 Å². The standard InChI is InChI=1S/C24H24F3N5O2/c25-24(26,27)21-5-6-29-13-17(21)14-31-22-12-18(30-15-20(22)23(28)33)11-16-1-3-19(4-2-16)32-7-9-34-10-8-32/h1-6,12-13,15H,7-11,14H2,(H2,28,33)(H,30,31). The summed E-state index contributed by atoms with van der Waals surface area (Å²) in [7, 11) is 0. The van der Waals surface area contributed by atoms with Crippen LogP contribution in [0, 0.1) is 0 Å². The number of hydrogen-bond acceptors (Lipinski definition) is 6. The Bertz CT molecular complexity index is 1150. The highest BCUT2D eigenvalue weighted by Gasteiger charge is 2.33. The Morgan fingerprint density at radius 1 is 1.12 bits per heavy atom. The van der Waals surface area contributed by atoms with E-state index in [4.69, 9.17) is 10.5 Å². The molecule has 4 rings (SSSR count). The van der Waals surface area contributed by atoms with Gasteiger partial charge in [-0.15, -0.1) is 0 Å². The van der Waals surface area contributed by atoms with Gasteiger partial charge in [-0.2, -0.15) is 13.2 Å². The maximum Gasteiger partial charge on any atom is 0.416 e. The van der Waals surface area contributed by atoms with Crippen molar-refractivity contribution >= 4 is 17.3 Å². The normalized spacial score (nSPS) is 14.1. The second-order valence-corrected chi connectivity index (χ2v) is 7.91. The van der Waals surface area contributed by atoms with Crippen molar-refractivity contribution in [2.45, 2.75) is 19.1 Å². The van der Waals surface area contributed by atoms with Gasteiger partial charge in [0.15, 0.2) is 0 Å². The van der Waals surface area contributed by atoms with E-state index in [1.165, 1.54) is 6.20 Å². The van der Waals surface area contributed by atoms with Gasteiger partial charge in [-0.05, 0) is 29.8 Å².